The Morgan fingerprint density at radius 2 is 1.92 bits per heavy atom. The van der Waals surface area contributed by atoms with Crippen LogP contribution in [-0.4, -0.2) is 27.4 Å². The average Bonchev–Trinajstić information content (AvgIpc) is 2.55. The van der Waals surface area contributed by atoms with Gasteiger partial charge in [-0.1, -0.05) is 30.3 Å². The molecule has 24 heavy (non-hydrogen) atoms. The molecule has 0 aliphatic heterocycles. The summed E-state index contributed by atoms with van der Waals surface area (Å²) in [6, 6.07) is 15.7. The van der Waals surface area contributed by atoms with E-state index in [1.165, 1.54) is 5.56 Å². The van der Waals surface area contributed by atoms with E-state index < -0.39 is 0 Å². The molecule has 124 valence electrons. The van der Waals surface area contributed by atoms with E-state index in [4.69, 9.17) is 5.73 Å². The molecule has 2 heterocycles. The predicted octanol–water partition coefficient (Wildman–Crippen LogP) is 1.96. The van der Waals surface area contributed by atoms with Gasteiger partial charge in [0, 0.05) is 38.4 Å². The van der Waals surface area contributed by atoms with Crippen LogP contribution < -0.4 is 11.3 Å². The van der Waals surface area contributed by atoms with Crippen molar-refractivity contribution in [2.75, 3.05) is 13.1 Å². The second kappa shape index (κ2) is 7.38. The Balaban J connectivity index is 1.86. The maximum absolute atomic E-state index is 12.3. The van der Waals surface area contributed by atoms with Crippen molar-refractivity contribution in [3.8, 4) is 0 Å². The zero-order chi connectivity index (χ0) is 16.9. The first-order valence-electron chi connectivity index (χ1n) is 8.11. The highest BCUT2D eigenvalue weighted by atomic mass is 16.1. The van der Waals surface area contributed by atoms with Crippen LogP contribution in [0.3, 0.4) is 0 Å². The van der Waals surface area contributed by atoms with Crippen LogP contribution in [0.2, 0.25) is 0 Å². The van der Waals surface area contributed by atoms with Crippen LogP contribution in [0.4, 0.5) is 0 Å². The van der Waals surface area contributed by atoms with Crippen LogP contribution >= 0.6 is 0 Å². The molecule has 0 saturated heterocycles. The second-order valence-corrected chi connectivity index (χ2v) is 6.00. The number of nitrogens with zero attached hydrogens (tertiary/aromatic N) is 3. The van der Waals surface area contributed by atoms with Gasteiger partial charge in [0.2, 0.25) is 0 Å². The number of nitrogens with two attached hydrogens (primary N) is 1. The van der Waals surface area contributed by atoms with Crippen molar-refractivity contribution < 1.29 is 0 Å². The van der Waals surface area contributed by atoms with Gasteiger partial charge in [-0.2, -0.15) is 0 Å². The minimum Gasteiger partial charge on any atom is -0.329 e. The summed E-state index contributed by atoms with van der Waals surface area (Å²) in [6.07, 6.45) is 1.77. The third-order valence-corrected chi connectivity index (χ3v) is 3.96. The third kappa shape index (κ3) is 3.88. The van der Waals surface area contributed by atoms with Crippen molar-refractivity contribution in [1.29, 1.82) is 0 Å². The van der Waals surface area contributed by atoms with Crippen LogP contribution in [0.1, 0.15) is 16.8 Å². The Kier molecular flexibility index (Phi) is 5.03. The molecule has 0 unspecified atom stereocenters. The van der Waals surface area contributed by atoms with E-state index >= 15 is 0 Å². The molecular weight excluding hydrogens is 300 g/mol. The van der Waals surface area contributed by atoms with Crippen molar-refractivity contribution in [2.45, 2.75) is 20.0 Å². The van der Waals surface area contributed by atoms with Crippen molar-refractivity contribution in [1.82, 2.24) is 14.3 Å². The topological polar surface area (TPSA) is 63.6 Å². The molecule has 2 N–H and O–H groups in total. The van der Waals surface area contributed by atoms with E-state index in [1.54, 1.807) is 16.7 Å². The molecule has 3 aromatic rings. The Hall–Kier alpha value is -2.50. The quantitative estimate of drug-likeness (QED) is 0.753. The maximum Gasteiger partial charge on any atom is 0.258 e. The summed E-state index contributed by atoms with van der Waals surface area (Å²) in [5, 5.41) is 0. The lowest BCUT2D eigenvalue weighted by Crippen LogP contribution is -2.30. The molecular formula is C19H22N4O. The normalized spacial score (nSPS) is 11.3. The molecule has 0 saturated carbocycles. The molecule has 0 amide bonds. The van der Waals surface area contributed by atoms with Gasteiger partial charge in [0.05, 0.1) is 5.69 Å². The summed E-state index contributed by atoms with van der Waals surface area (Å²) in [4.78, 5) is 19.1. The number of pyridine rings is 1. The molecule has 0 spiro atoms. The lowest BCUT2D eigenvalue weighted by Gasteiger charge is -2.21. The highest BCUT2D eigenvalue weighted by molar-refractivity contribution is 5.41. The van der Waals surface area contributed by atoms with Crippen LogP contribution in [0.15, 0.2) is 59.5 Å². The van der Waals surface area contributed by atoms with E-state index in [0.717, 1.165) is 24.3 Å². The minimum absolute atomic E-state index is 0.0533. The van der Waals surface area contributed by atoms with E-state index in [2.05, 4.69) is 22.0 Å². The largest absolute Gasteiger partial charge is 0.329 e. The number of hydrogen-bond acceptors (Lipinski definition) is 4. The van der Waals surface area contributed by atoms with Gasteiger partial charge in [0.1, 0.15) is 5.65 Å². The van der Waals surface area contributed by atoms with Crippen LogP contribution in [0, 0.1) is 6.92 Å². The Bertz CT molecular complexity index is 873. The van der Waals surface area contributed by atoms with Crippen LogP contribution in [0.25, 0.3) is 5.65 Å². The Morgan fingerprint density at radius 1 is 1.12 bits per heavy atom. The monoisotopic (exact) mass is 322 g/mol. The standard InChI is InChI=1S/C19H22N4O/c1-15-7-9-23-18(11-15)21-17(12-19(23)24)14-22(10-8-20)13-16-5-3-2-4-6-16/h2-7,9,11-12H,8,10,13-14,20H2,1H3. The van der Waals surface area contributed by atoms with E-state index in [0.29, 0.717) is 18.7 Å². The van der Waals surface area contributed by atoms with Crippen LogP contribution in [-0.2, 0) is 13.1 Å². The van der Waals surface area contributed by atoms with Crippen molar-refractivity contribution in [3.63, 3.8) is 0 Å². The summed E-state index contributed by atoms with van der Waals surface area (Å²) >= 11 is 0. The lowest BCUT2D eigenvalue weighted by atomic mass is 10.2. The number of hydrogen-bond donors (Lipinski definition) is 1. The van der Waals surface area contributed by atoms with E-state index in [1.807, 2.05) is 37.3 Å². The number of aryl methyl sites for hydroxylation is 1. The number of benzene rings is 1. The number of fused-ring (bicyclic) bond motifs is 1. The summed E-state index contributed by atoms with van der Waals surface area (Å²) in [5.74, 6) is 0. The predicted molar refractivity (Wildman–Crippen MR) is 95.8 cm³/mol. The fourth-order valence-electron chi connectivity index (χ4n) is 2.80. The maximum atomic E-state index is 12.3. The average molecular weight is 322 g/mol. The van der Waals surface area contributed by atoms with Gasteiger partial charge >= 0.3 is 0 Å². The molecule has 1 aromatic carbocycles. The molecule has 5 heteroatoms. The summed E-state index contributed by atoms with van der Waals surface area (Å²) in [6.45, 7) is 4.70. The number of aromatic nitrogens is 2. The molecule has 0 aliphatic rings. The third-order valence-electron chi connectivity index (χ3n) is 3.96. The molecule has 0 aliphatic carbocycles. The molecule has 0 radical (unpaired) electrons. The van der Waals surface area contributed by atoms with Gasteiger partial charge in [0.15, 0.2) is 0 Å². The molecule has 0 fully saturated rings. The molecule has 5 nitrogen and oxygen atoms in total. The van der Waals surface area contributed by atoms with Gasteiger partial charge in [-0.3, -0.25) is 14.1 Å². The minimum atomic E-state index is -0.0533. The summed E-state index contributed by atoms with van der Waals surface area (Å²) in [7, 11) is 0. The second-order valence-electron chi connectivity index (χ2n) is 6.00. The molecule has 0 atom stereocenters. The van der Waals surface area contributed by atoms with Crippen molar-refractivity contribution in [2.24, 2.45) is 5.73 Å². The highest BCUT2D eigenvalue weighted by Crippen LogP contribution is 2.09. The fourth-order valence-corrected chi connectivity index (χ4v) is 2.80. The zero-order valence-corrected chi connectivity index (χ0v) is 13.9. The number of rotatable bonds is 6. The summed E-state index contributed by atoms with van der Waals surface area (Å²) < 4.78 is 1.57. The fraction of sp³-hybridized carbons (Fsp3) is 0.263. The van der Waals surface area contributed by atoms with E-state index in [-0.39, 0.29) is 5.56 Å². The SMILES string of the molecule is Cc1ccn2c(=O)cc(CN(CCN)Cc3ccccc3)nc2c1. The summed E-state index contributed by atoms with van der Waals surface area (Å²) in [5.41, 5.74) is 9.46. The van der Waals surface area contributed by atoms with Gasteiger partial charge in [-0.15, -0.1) is 0 Å². The van der Waals surface area contributed by atoms with Crippen LogP contribution in [0.5, 0.6) is 0 Å². The highest BCUT2D eigenvalue weighted by Gasteiger charge is 2.09. The van der Waals surface area contributed by atoms with Gasteiger partial charge in [-0.25, -0.2) is 4.98 Å². The Labute approximate surface area is 141 Å². The first-order valence-corrected chi connectivity index (χ1v) is 8.11. The van der Waals surface area contributed by atoms with Gasteiger partial charge < -0.3 is 5.73 Å². The van der Waals surface area contributed by atoms with Gasteiger partial charge in [0.25, 0.3) is 5.56 Å². The lowest BCUT2D eigenvalue weighted by molar-refractivity contribution is 0.261. The first-order chi connectivity index (χ1) is 11.7. The Morgan fingerprint density at radius 3 is 2.67 bits per heavy atom. The van der Waals surface area contributed by atoms with E-state index in [9.17, 15) is 4.79 Å². The molecule has 3 rings (SSSR count). The van der Waals surface area contributed by atoms with Gasteiger partial charge in [-0.05, 0) is 30.2 Å². The smallest absolute Gasteiger partial charge is 0.258 e. The first kappa shape index (κ1) is 16.4. The molecule has 0 bridgehead atoms. The van der Waals surface area contributed by atoms with Crippen molar-refractivity contribution >= 4 is 5.65 Å². The zero-order valence-electron chi connectivity index (χ0n) is 13.9. The van der Waals surface area contributed by atoms with Crippen molar-refractivity contribution in [3.05, 3.63) is 81.9 Å². The molecule has 2 aromatic heterocycles.